The smallest absolute Gasteiger partial charge is 0.350 e. The zero-order valence-corrected chi connectivity index (χ0v) is 15.1. The number of methoxy groups -OCH3 is 1. The van der Waals surface area contributed by atoms with E-state index < -0.39 is 0 Å². The minimum absolute atomic E-state index is 0.0420. The van der Waals surface area contributed by atoms with Crippen molar-refractivity contribution in [2.75, 3.05) is 38.2 Å². The minimum Gasteiger partial charge on any atom is -0.497 e. The number of hydrogen-bond acceptors (Lipinski definition) is 5. The molecule has 1 aromatic carbocycles. The van der Waals surface area contributed by atoms with Gasteiger partial charge in [0.25, 0.3) is 0 Å². The normalized spacial score (nSPS) is 14.6. The van der Waals surface area contributed by atoms with Gasteiger partial charge < -0.3 is 14.5 Å². The molecule has 1 saturated heterocycles. The maximum absolute atomic E-state index is 12.6. The van der Waals surface area contributed by atoms with Crippen molar-refractivity contribution in [2.45, 2.75) is 6.54 Å². The fourth-order valence-corrected chi connectivity index (χ4v) is 3.32. The Labute approximate surface area is 156 Å². The zero-order chi connectivity index (χ0) is 18.8. The topological polar surface area (TPSA) is 72.1 Å². The lowest BCUT2D eigenvalue weighted by atomic mass is 10.2. The number of rotatable bonds is 4. The molecule has 140 valence electrons. The maximum Gasteiger partial charge on any atom is 0.350 e. The summed E-state index contributed by atoms with van der Waals surface area (Å²) >= 11 is 0. The molecule has 1 fully saturated rings. The zero-order valence-electron chi connectivity index (χ0n) is 15.1. The van der Waals surface area contributed by atoms with Crippen LogP contribution in [-0.2, 0) is 11.3 Å². The van der Waals surface area contributed by atoms with Gasteiger partial charge in [-0.3, -0.25) is 9.20 Å². The lowest BCUT2D eigenvalue weighted by molar-refractivity contribution is -0.132. The molecule has 0 atom stereocenters. The third kappa shape index (κ3) is 3.38. The summed E-state index contributed by atoms with van der Waals surface area (Å²) in [4.78, 5) is 28.9. The second-order valence-corrected chi connectivity index (χ2v) is 6.44. The molecule has 0 saturated carbocycles. The molecule has 0 spiro atoms. The first kappa shape index (κ1) is 17.1. The highest BCUT2D eigenvalue weighted by Crippen LogP contribution is 2.22. The summed E-state index contributed by atoms with van der Waals surface area (Å²) < 4.78 is 7.94. The van der Waals surface area contributed by atoms with Crippen molar-refractivity contribution in [3.8, 4) is 5.75 Å². The molecule has 0 radical (unpaired) electrons. The summed E-state index contributed by atoms with van der Waals surface area (Å²) in [5, 5.41) is 4.22. The average molecular weight is 367 g/mol. The van der Waals surface area contributed by atoms with Gasteiger partial charge in [0.1, 0.15) is 12.3 Å². The Morgan fingerprint density at radius 3 is 2.67 bits per heavy atom. The van der Waals surface area contributed by atoms with E-state index >= 15 is 0 Å². The van der Waals surface area contributed by atoms with Crippen LogP contribution in [0.5, 0.6) is 5.75 Å². The first-order chi connectivity index (χ1) is 13.2. The van der Waals surface area contributed by atoms with Gasteiger partial charge in [-0.2, -0.15) is 0 Å². The van der Waals surface area contributed by atoms with Crippen LogP contribution in [0.2, 0.25) is 0 Å². The number of hydrogen-bond donors (Lipinski definition) is 0. The summed E-state index contributed by atoms with van der Waals surface area (Å²) in [5.74, 6) is 0.725. The molecule has 1 aliphatic rings. The SMILES string of the molecule is COc1cccc(N2CCN(C(=O)Cn3nc4ccccn4c3=O)CC2)c1. The summed E-state index contributed by atoms with van der Waals surface area (Å²) in [6, 6.07) is 13.2. The van der Waals surface area contributed by atoms with Crippen molar-refractivity contribution in [2.24, 2.45) is 0 Å². The molecule has 3 heterocycles. The van der Waals surface area contributed by atoms with Crippen LogP contribution in [0.1, 0.15) is 0 Å². The quantitative estimate of drug-likeness (QED) is 0.684. The van der Waals surface area contributed by atoms with Crippen LogP contribution >= 0.6 is 0 Å². The van der Waals surface area contributed by atoms with E-state index in [0.717, 1.165) is 24.5 Å². The van der Waals surface area contributed by atoms with Gasteiger partial charge in [-0.15, -0.1) is 5.10 Å². The van der Waals surface area contributed by atoms with Crippen LogP contribution in [0.25, 0.3) is 5.65 Å². The first-order valence-electron chi connectivity index (χ1n) is 8.87. The summed E-state index contributed by atoms with van der Waals surface area (Å²) in [6.45, 7) is 2.65. The number of nitrogens with zero attached hydrogens (tertiary/aromatic N) is 5. The largest absolute Gasteiger partial charge is 0.497 e. The maximum atomic E-state index is 12.6. The van der Waals surface area contributed by atoms with E-state index in [9.17, 15) is 9.59 Å². The van der Waals surface area contributed by atoms with Gasteiger partial charge in [0, 0.05) is 44.1 Å². The predicted molar refractivity (Wildman–Crippen MR) is 101 cm³/mol. The number of benzene rings is 1. The third-order valence-electron chi connectivity index (χ3n) is 4.82. The Balaban J connectivity index is 1.41. The summed E-state index contributed by atoms with van der Waals surface area (Å²) in [5.41, 5.74) is 1.32. The van der Waals surface area contributed by atoms with Gasteiger partial charge in [0.15, 0.2) is 5.65 Å². The number of ether oxygens (including phenoxy) is 1. The molecule has 8 heteroatoms. The molecule has 2 aromatic heterocycles. The van der Waals surface area contributed by atoms with E-state index in [1.165, 1.54) is 9.08 Å². The van der Waals surface area contributed by atoms with Gasteiger partial charge in [-0.05, 0) is 24.3 Å². The molecule has 1 aliphatic heterocycles. The lowest BCUT2D eigenvalue weighted by Gasteiger charge is -2.36. The number of fused-ring (bicyclic) bond motifs is 1. The third-order valence-corrected chi connectivity index (χ3v) is 4.82. The standard InChI is InChI=1S/C19H21N5O3/c1-27-16-6-4-5-15(13-16)21-9-11-22(12-10-21)18(25)14-24-19(26)23-8-3-2-7-17(23)20-24/h2-8,13H,9-12,14H2,1H3. The summed E-state index contributed by atoms with van der Waals surface area (Å²) in [7, 11) is 1.65. The van der Waals surface area contributed by atoms with Crippen LogP contribution in [-0.4, -0.2) is 58.3 Å². The van der Waals surface area contributed by atoms with Crippen molar-refractivity contribution < 1.29 is 9.53 Å². The van der Waals surface area contributed by atoms with Gasteiger partial charge in [-0.1, -0.05) is 12.1 Å². The fourth-order valence-electron chi connectivity index (χ4n) is 3.32. The van der Waals surface area contributed by atoms with Crippen LogP contribution in [0.3, 0.4) is 0 Å². The highest BCUT2D eigenvalue weighted by molar-refractivity contribution is 5.76. The van der Waals surface area contributed by atoms with Crippen molar-refractivity contribution in [1.82, 2.24) is 19.1 Å². The van der Waals surface area contributed by atoms with Crippen LogP contribution < -0.4 is 15.3 Å². The molecule has 1 amide bonds. The second-order valence-electron chi connectivity index (χ2n) is 6.44. The number of pyridine rings is 1. The Morgan fingerprint density at radius 2 is 1.93 bits per heavy atom. The van der Waals surface area contributed by atoms with Gasteiger partial charge in [0.2, 0.25) is 5.91 Å². The molecule has 0 N–H and O–H groups in total. The van der Waals surface area contributed by atoms with Gasteiger partial charge >= 0.3 is 5.69 Å². The number of aromatic nitrogens is 3. The molecule has 0 bridgehead atoms. The molecular weight excluding hydrogens is 346 g/mol. The van der Waals surface area contributed by atoms with Gasteiger partial charge in [0.05, 0.1) is 7.11 Å². The highest BCUT2D eigenvalue weighted by atomic mass is 16.5. The van der Waals surface area contributed by atoms with E-state index in [4.69, 9.17) is 4.74 Å². The number of piperazine rings is 1. The predicted octanol–water partition coefficient (Wildman–Crippen LogP) is 0.853. The van der Waals surface area contributed by atoms with Crippen LogP contribution in [0, 0.1) is 0 Å². The molecule has 0 unspecified atom stereocenters. The Bertz CT molecular complexity index is 1020. The molecule has 8 nitrogen and oxygen atoms in total. The first-order valence-corrected chi connectivity index (χ1v) is 8.87. The molecule has 4 rings (SSSR count). The minimum atomic E-state index is -0.297. The second kappa shape index (κ2) is 7.14. The van der Waals surface area contributed by atoms with Crippen LogP contribution in [0.4, 0.5) is 5.69 Å². The fraction of sp³-hybridized carbons (Fsp3) is 0.316. The number of carbonyl (C=O) groups is 1. The van der Waals surface area contributed by atoms with Crippen LogP contribution in [0.15, 0.2) is 53.5 Å². The van der Waals surface area contributed by atoms with Crippen molar-refractivity contribution in [3.05, 3.63) is 59.1 Å². The summed E-state index contributed by atoms with van der Waals surface area (Å²) in [6.07, 6.45) is 1.65. The Kier molecular flexibility index (Phi) is 4.53. The van der Waals surface area contributed by atoms with E-state index in [1.807, 2.05) is 30.3 Å². The Morgan fingerprint density at radius 1 is 1.11 bits per heavy atom. The van der Waals surface area contributed by atoms with E-state index in [-0.39, 0.29) is 18.1 Å². The number of carbonyl (C=O) groups excluding carboxylic acids is 1. The molecule has 27 heavy (non-hydrogen) atoms. The monoisotopic (exact) mass is 367 g/mol. The number of amides is 1. The highest BCUT2D eigenvalue weighted by Gasteiger charge is 2.22. The molecule has 0 aliphatic carbocycles. The van der Waals surface area contributed by atoms with E-state index in [2.05, 4.69) is 10.00 Å². The molecular formula is C19H21N5O3. The lowest BCUT2D eigenvalue weighted by Crippen LogP contribution is -2.50. The van der Waals surface area contributed by atoms with E-state index in [1.54, 1.807) is 30.3 Å². The van der Waals surface area contributed by atoms with Crippen molar-refractivity contribution >= 4 is 17.2 Å². The number of anilines is 1. The van der Waals surface area contributed by atoms with Crippen molar-refractivity contribution in [3.63, 3.8) is 0 Å². The van der Waals surface area contributed by atoms with Crippen molar-refractivity contribution in [1.29, 1.82) is 0 Å². The Hall–Kier alpha value is -3.29. The van der Waals surface area contributed by atoms with E-state index in [0.29, 0.717) is 18.7 Å². The molecule has 3 aromatic rings. The average Bonchev–Trinajstić information content (AvgIpc) is 3.04. The van der Waals surface area contributed by atoms with Gasteiger partial charge in [-0.25, -0.2) is 9.48 Å².